The van der Waals surface area contributed by atoms with E-state index in [1.54, 1.807) is 0 Å². The molecule has 0 radical (unpaired) electrons. The van der Waals surface area contributed by atoms with Crippen LogP contribution in [0.15, 0.2) is 0 Å². The summed E-state index contributed by atoms with van der Waals surface area (Å²) >= 11 is 0. The van der Waals surface area contributed by atoms with Crippen molar-refractivity contribution in [3.63, 3.8) is 0 Å². The van der Waals surface area contributed by atoms with Crippen LogP contribution in [0.4, 0.5) is 0 Å². The van der Waals surface area contributed by atoms with Gasteiger partial charge in [-0.15, -0.1) is 0 Å². The van der Waals surface area contributed by atoms with E-state index in [1.807, 2.05) is 0 Å². The third-order valence-electron chi connectivity index (χ3n) is 3.69. The molecule has 0 aromatic carbocycles. The Balaban J connectivity index is 2.19. The molecule has 2 saturated heterocycles. The molecular formula is C11H20O2. The molecule has 2 bridgehead atoms. The summed E-state index contributed by atoms with van der Waals surface area (Å²) in [5.74, 6) is 0.932. The summed E-state index contributed by atoms with van der Waals surface area (Å²) in [7, 11) is 0. The largest absolute Gasteiger partial charge is 0.347 e. The summed E-state index contributed by atoms with van der Waals surface area (Å²) in [6.07, 6.45) is 3.02. The maximum Gasteiger partial charge on any atom is 0.166 e. The number of hydrogen-bond donors (Lipinski definition) is 0. The molecule has 76 valence electrons. The van der Waals surface area contributed by atoms with Crippen LogP contribution in [-0.4, -0.2) is 18.0 Å². The fourth-order valence-electron chi connectivity index (χ4n) is 2.60. The third kappa shape index (κ3) is 1.50. The maximum absolute atomic E-state index is 5.98. The van der Waals surface area contributed by atoms with E-state index in [4.69, 9.17) is 9.47 Å². The Morgan fingerprint density at radius 1 is 1.15 bits per heavy atom. The zero-order chi connectivity index (χ0) is 9.64. The summed E-state index contributed by atoms with van der Waals surface area (Å²) in [6, 6.07) is 0. The van der Waals surface area contributed by atoms with E-state index in [2.05, 4.69) is 27.7 Å². The fourth-order valence-corrected chi connectivity index (χ4v) is 2.60. The summed E-state index contributed by atoms with van der Waals surface area (Å²) in [6.45, 7) is 8.76. The molecule has 0 aromatic heterocycles. The lowest BCUT2D eigenvalue weighted by atomic mass is 9.81. The maximum atomic E-state index is 5.98. The Morgan fingerprint density at radius 2 is 1.85 bits per heavy atom. The van der Waals surface area contributed by atoms with Gasteiger partial charge < -0.3 is 9.47 Å². The molecule has 2 aliphatic rings. The lowest BCUT2D eigenvalue weighted by Crippen LogP contribution is -2.55. The van der Waals surface area contributed by atoms with Crippen LogP contribution in [0.5, 0.6) is 0 Å². The van der Waals surface area contributed by atoms with E-state index in [0.29, 0.717) is 24.0 Å². The molecular weight excluding hydrogens is 164 g/mol. The van der Waals surface area contributed by atoms with Crippen LogP contribution in [-0.2, 0) is 9.47 Å². The van der Waals surface area contributed by atoms with Crippen molar-refractivity contribution >= 4 is 0 Å². The highest BCUT2D eigenvalue weighted by Crippen LogP contribution is 2.42. The third-order valence-corrected chi connectivity index (χ3v) is 3.69. The monoisotopic (exact) mass is 184 g/mol. The van der Waals surface area contributed by atoms with Crippen molar-refractivity contribution in [2.75, 3.05) is 0 Å². The molecule has 0 spiro atoms. The molecule has 2 heterocycles. The number of ether oxygens (including phenoxy) is 2. The molecule has 0 aliphatic carbocycles. The van der Waals surface area contributed by atoms with Gasteiger partial charge in [0.05, 0.1) is 12.2 Å². The molecule has 0 N–H and O–H groups in total. The minimum Gasteiger partial charge on any atom is -0.347 e. The van der Waals surface area contributed by atoms with Crippen molar-refractivity contribution in [1.29, 1.82) is 0 Å². The van der Waals surface area contributed by atoms with Crippen molar-refractivity contribution in [1.82, 2.24) is 0 Å². The van der Waals surface area contributed by atoms with Gasteiger partial charge in [-0.05, 0) is 26.2 Å². The predicted molar refractivity (Wildman–Crippen MR) is 51.4 cm³/mol. The quantitative estimate of drug-likeness (QED) is 0.576. The highest BCUT2D eigenvalue weighted by atomic mass is 16.7. The first-order valence-corrected chi connectivity index (χ1v) is 5.37. The van der Waals surface area contributed by atoms with Gasteiger partial charge in [0.2, 0.25) is 0 Å². The molecule has 2 rings (SSSR count). The first-order valence-electron chi connectivity index (χ1n) is 5.37. The van der Waals surface area contributed by atoms with Gasteiger partial charge in [0.1, 0.15) is 0 Å². The molecule has 2 nitrogen and oxygen atoms in total. The average molecular weight is 184 g/mol. The van der Waals surface area contributed by atoms with Gasteiger partial charge in [0.15, 0.2) is 5.79 Å². The molecule has 13 heavy (non-hydrogen) atoms. The number of hydrogen-bond acceptors (Lipinski definition) is 2. The topological polar surface area (TPSA) is 18.5 Å². The van der Waals surface area contributed by atoms with Gasteiger partial charge in [-0.1, -0.05) is 13.8 Å². The summed E-state index contributed by atoms with van der Waals surface area (Å²) < 4.78 is 11.9. The molecule has 2 fully saturated rings. The van der Waals surface area contributed by atoms with E-state index in [0.717, 1.165) is 6.42 Å². The first-order chi connectivity index (χ1) is 6.02. The minimum absolute atomic E-state index is 0.289. The van der Waals surface area contributed by atoms with Gasteiger partial charge in [-0.25, -0.2) is 0 Å². The van der Waals surface area contributed by atoms with Gasteiger partial charge in [0.25, 0.3) is 0 Å². The van der Waals surface area contributed by atoms with E-state index < -0.39 is 0 Å². The second kappa shape index (κ2) is 2.96. The summed E-state index contributed by atoms with van der Waals surface area (Å²) in [5.41, 5.74) is 0. The fraction of sp³-hybridized carbons (Fsp3) is 1.00. The van der Waals surface area contributed by atoms with Crippen molar-refractivity contribution in [3.8, 4) is 0 Å². The van der Waals surface area contributed by atoms with Gasteiger partial charge >= 0.3 is 0 Å². The van der Waals surface area contributed by atoms with Crippen molar-refractivity contribution in [3.05, 3.63) is 0 Å². The van der Waals surface area contributed by atoms with E-state index in [9.17, 15) is 0 Å². The highest BCUT2D eigenvalue weighted by Gasteiger charge is 2.47. The second-order valence-electron chi connectivity index (χ2n) is 4.91. The Kier molecular flexibility index (Phi) is 2.16. The van der Waals surface area contributed by atoms with Crippen LogP contribution in [0.3, 0.4) is 0 Å². The summed E-state index contributed by atoms with van der Waals surface area (Å²) in [5, 5.41) is 0. The van der Waals surface area contributed by atoms with Crippen LogP contribution in [0, 0.1) is 11.8 Å². The smallest absolute Gasteiger partial charge is 0.166 e. The molecule has 0 amide bonds. The van der Waals surface area contributed by atoms with Gasteiger partial charge in [-0.3, -0.25) is 0 Å². The van der Waals surface area contributed by atoms with Crippen LogP contribution in [0.25, 0.3) is 0 Å². The Morgan fingerprint density at radius 3 is 2.54 bits per heavy atom. The van der Waals surface area contributed by atoms with Crippen molar-refractivity contribution in [2.24, 2.45) is 11.8 Å². The molecule has 1 unspecified atom stereocenters. The Hall–Kier alpha value is -0.0800. The zero-order valence-corrected chi connectivity index (χ0v) is 9.04. The Labute approximate surface area is 80.6 Å². The average Bonchev–Trinajstić information content (AvgIpc) is 2.07. The van der Waals surface area contributed by atoms with E-state index in [-0.39, 0.29) is 5.79 Å². The van der Waals surface area contributed by atoms with Crippen molar-refractivity contribution in [2.45, 2.75) is 58.5 Å². The highest BCUT2D eigenvalue weighted by molar-refractivity contribution is 4.89. The van der Waals surface area contributed by atoms with E-state index in [1.165, 1.54) is 6.42 Å². The zero-order valence-electron chi connectivity index (χ0n) is 9.04. The molecule has 0 saturated carbocycles. The predicted octanol–water partition coefficient (Wildman–Crippen LogP) is 2.57. The van der Waals surface area contributed by atoms with Crippen LogP contribution in [0.1, 0.15) is 40.5 Å². The van der Waals surface area contributed by atoms with E-state index >= 15 is 0 Å². The normalized spacial score (nSPS) is 56.3. The molecule has 5 atom stereocenters. The van der Waals surface area contributed by atoms with Crippen molar-refractivity contribution < 1.29 is 9.47 Å². The Bertz CT molecular complexity index is 204. The van der Waals surface area contributed by atoms with Crippen LogP contribution in [0.2, 0.25) is 0 Å². The van der Waals surface area contributed by atoms with Gasteiger partial charge in [-0.2, -0.15) is 0 Å². The standard InChI is InChI=1S/C11H20O2/c1-7-5-6-11(4)12-9(3)8(2)10(7)13-11/h7-10H,5-6H2,1-4H3/t7-,8-,9+,10-,11?/m0/s1. The van der Waals surface area contributed by atoms with Crippen LogP contribution >= 0.6 is 0 Å². The molecule has 0 aromatic rings. The lowest BCUT2D eigenvalue weighted by Gasteiger charge is -2.51. The lowest BCUT2D eigenvalue weighted by molar-refractivity contribution is -0.352. The van der Waals surface area contributed by atoms with Crippen LogP contribution < -0.4 is 0 Å². The molecule has 2 aliphatic heterocycles. The first kappa shape index (κ1) is 9.47. The second-order valence-corrected chi connectivity index (χ2v) is 4.91. The number of rotatable bonds is 0. The van der Waals surface area contributed by atoms with Gasteiger partial charge in [0, 0.05) is 12.3 Å². The summed E-state index contributed by atoms with van der Waals surface area (Å²) in [4.78, 5) is 0. The number of fused-ring (bicyclic) bond motifs is 2. The SMILES string of the molecule is C[C@@H]1[C@H]2OC(C)(CC[C@@H]2C)O[C@@H]1C. The molecule has 2 heteroatoms. The minimum atomic E-state index is -0.289.